The molecule has 2 rings (SSSR count). The summed E-state index contributed by atoms with van der Waals surface area (Å²) in [5, 5.41) is 10.0. The number of hydrogen-bond acceptors (Lipinski definition) is 4. The first-order valence-corrected chi connectivity index (χ1v) is 7.54. The lowest BCUT2D eigenvalue weighted by atomic mass is 10.2. The summed E-state index contributed by atoms with van der Waals surface area (Å²) in [6.45, 7) is 3.87. The standard InChI is InChI=1S/C13H17F2N5OS/c1-8(12-16-6-9(2)22-12)5-17-13(21)18-11-3-4-20(19-11)7-10(14)15/h3-4,6,8,10H,5,7H2,1-2H3,(H2,17,18,19,21). The zero-order valence-corrected chi connectivity index (χ0v) is 13.0. The number of anilines is 1. The summed E-state index contributed by atoms with van der Waals surface area (Å²) in [5.74, 6) is 0.330. The molecule has 9 heteroatoms. The molecule has 0 spiro atoms. The summed E-state index contributed by atoms with van der Waals surface area (Å²) < 4.78 is 25.5. The summed E-state index contributed by atoms with van der Waals surface area (Å²) in [6, 6.07) is 1.04. The van der Waals surface area contributed by atoms with Gasteiger partial charge in [-0.15, -0.1) is 11.3 Å². The summed E-state index contributed by atoms with van der Waals surface area (Å²) in [5.41, 5.74) is 0. The lowest BCUT2D eigenvalue weighted by Gasteiger charge is -2.10. The van der Waals surface area contributed by atoms with Crippen LogP contribution in [0, 0.1) is 6.92 Å². The van der Waals surface area contributed by atoms with Crippen molar-refractivity contribution in [2.24, 2.45) is 0 Å². The van der Waals surface area contributed by atoms with Gasteiger partial charge in [0.15, 0.2) is 5.82 Å². The third kappa shape index (κ3) is 4.76. The molecule has 0 saturated carbocycles. The Balaban J connectivity index is 1.79. The summed E-state index contributed by atoms with van der Waals surface area (Å²) in [7, 11) is 0. The van der Waals surface area contributed by atoms with Gasteiger partial charge < -0.3 is 5.32 Å². The van der Waals surface area contributed by atoms with Crippen LogP contribution in [0.4, 0.5) is 19.4 Å². The smallest absolute Gasteiger partial charge is 0.320 e. The van der Waals surface area contributed by atoms with Crippen molar-refractivity contribution in [3.63, 3.8) is 0 Å². The second kappa shape index (κ2) is 7.30. The van der Waals surface area contributed by atoms with Gasteiger partial charge in [-0.3, -0.25) is 10.00 Å². The van der Waals surface area contributed by atoms with Gasteiger partial charge in [0, 0.05) is 35.8 Å². The number of rotatable bonds is 6. The Morgan fingerprint density at radius 3 is 2.91 bits per heavy atom. The van der Waals surface area contributed by atoms with Crippen molar-refractivity contribution in [2.75, 3.05) is 11.9 Å². The van der Waals surface area contributed by atoms with Gasteiger partial charge >= 0.3 is 6.03 Å². The minimum Gasteiger partial charge on any atom is -0.337 e. The average Bonchev–Trinajstić information content (AvgIpc) is 3.05. The summed E-state index contributed by atoms with van der Waals surface area (Å²) in [6.07, 6.45) is 0.707. The predicted octanol–water partition coefficient (Wildman–Crippen LogP) is 2.84. The monoisotopic (exact) mass is 329 g/mol. The zero-order chi connectivity index (χ0) is 16.1. The number of hydrogen-bond donors (Lipinski definition) is 2. The van der Waals surface area contributed by atoms with Crippen molar-refractivity contribution >= 4 is 23.2 Å². The van der Waals surface area contributed by atoms with Gasteiger partial charge in [0.25, 0.3) is 6.43 Å². The SMILES string of the molecule is Cc1cnc(C(C)CNC(=O)Nc2ccn(CC(F)F)n2)s1. The number of alkyl halides is 2. The molecule has 0 aromatic carbocycles. The maximum absolute atomic E-state index is 12.2. The fraction of sp³-hybridized carbons (Fsp3) is 0.462. The minimum absolute atomic E-state index is 0.0980. The highest BCUT2D eigenvalue weighted by Gasteiger charge is 2.12. The van der Waals surface area contributed by atoms with Crippen molar-refractivity contribution in [2.45, 2.75) is 32.7 Å². The molecule has 0 bridgehead atoms. The lowest BCUT2D eigenvalue weighted by Crippen LogP contribution is -2.32. The van der Waals surface area contributed by atoms with E-state index in [0.717, 1.165) is 14.6 Å². The first-order valence-electron chi connectivity index (χ1n) is 6.73. The van der Waals surface area contributed by atoms with E-state index in [2.05, 4.69) is 20.7 Å². The van der Waals surface area contributed by atoms with E-state index < -0.39 is 19.0 Å². The van der Waals surface area contributed by atoms with E-state index in [-0.39, 0.29) is 11.7 Å². The molecule has 2 aromatic heterocycles. The Kier molecular flexibility index (Phi) is 5.42. The molecule has 6 nitrogen and oxygen atoms in total. The van der Waals surface area contributed by atoms with Gasteiger partial charge in [-0.1, -0.05) is 6.92 Å². The number of aryl methyl sites for hydroxylation is 1. The van der Waals surface area contributed by atoms with Gasteiger partial charge in [-0.25, -0.2) is 18.6 Å². The molecule has 0 fully saturated rings. The molecular formula is C13H17F2N5OS. The Bertz CT molecular complexity index is 627. The molecule has 120 valence electrons. The van der Waals surface area contributed by atoms with Crippen LogP contribution in [0.1, 0.15) is 22.7 Å². The Morgan fingerprint density at radius 2 is 2.27 bits per heavy atom. The molecule has 0 radical (unpaired) electrons. The number of nitrogens with zero attached hydrogens (tertiary/aromatic N) is 3. The minimum atomic E-state index is -2.48. The van der Waals surface area contributed by atoms with E-state index >= 15 is 0 Å². The van der Waals surface area contributed by atoms with Crippen LogP contribution in [0.2, 0.25) is 0 Å². The maximum Gasteiger partial charge on any atom is 0.320 e. The van der Waals surface area contributed by atoms with E-state index in [9.17, 15) is 13.6 Å². The molecule has 2 aromatic rings. The fourth-order valence-corrected chi connectivity index (χ4v) is 2.59. The number of amides is 2. The molecule has 2 heterocycles. The van der Waals surface area contributed by atoms with Gasteiger partial charge in [0.05, 0.1) is 5.01 Å². The molecule has 0 saturated heterocycles. The molecule has 2 amide bonds. The van der Waals surface area contributed by atoms with Crippen molar-refractivity contribution in [3.05, 3.63) is 28.3 Å². The van der Waals surface area contributed by atoms with Gasteiger partial charge in [0.2, 0.25) is 0 Å². The van der Waals surface area contributed by atoms with Crippen molar-refractivity contribution in [1.82, 2.24) is 20.1 Å². The van der Waals surface area contributed by atoms with Crippen LogP contribution < -0.4 is 10.6 Å². The van der Waals surface area contributed by atoms with Gasteiger partial charge in [0.1, 0.15) is 6.54 Å². The van der Waals surface area contributed by atoms with Gasteiger partial charge in [-0.05, 0) is 6.92 Å². The topological polar surface area (TPSA) is 71.8 Å². The van der Waals surface area contributed by atoms with Crippen molar-refractivity contribution in [3.8, 4) is 0 Å². The highest BCUT2D eigenvalue weighted by Crippen LogP contribution is 2.20. The Morgan fingerprint density at radius 1 is 1.50 bits per heavy atom. The molecule has 1 atom stereocenters. The number of thiazole rings is 1. The lowest BCUT2D eigenvalue weighted by molar-refractivity contribution is 0.122. The summed E-state index contributed by atoms with van der Waals surface area (Å²) >= 11 is 1.59. The number of urea groups is 1. The second-order valence-corrected chi connectivity index (χ2v) is 6.13. The average molecular weight is 329 g/mol. The van der Waals surface area contributed by atoms with Crippen LogP contribution >= 0.6 is 11.3 Å². The van der Waals surface area contributed by atoms with Crippen LogP contribution in [0.15, 0.2) is 18.5 Å². The third-order valence-corrected chi connectivity index (χ3v) is 3.98. The molecule has 0 aliphatic heterocycles. The fourth-order valence-electron chi connectivity index (χ4n) is 1.77. The third-order valence-electron chi connectivity index (χ3n) is 2.84. The van der Waals surface area contributed by atoms with E-state index in [1.54, 1.807) is 17.5 Å². The summed E-state index contributed by atoms with van der Waals surface area (Å²) in [4.78, 5) is 17.1. The van der Waals surface area contributed by atoms with Crippen LogP contribution in [-0.4, -0.2) is 33.8 Å². The molecule has 0 aliphatic rings. The van der Waals surface area contributed by atoms with Crippen molar-refractivity contribution in [1.29, 1.82) is 0 Å². The highest BCUT2D eigenvalue weighted by molar-refractivity contribution is 7.11. The van der Waals surface area contributed by atoms with Crippen LogP contribution in [0.3, 0.4) is 0 Å². The van der Waals surface area contributed by atoms with E-state index in [1.165, 1.54) is 12.3 Å². The molecule has 2 N–H and O–H groups in total. The van der Waals surface area contributed by atoms with Crippen LogP contribution in [-0.2, 0) is 6.54 Å². The number of halogens is 2. The molecule has 22 heavy (non-hydrogen) atoms. The first-order chi connectivity index (χ1) is 10.4. The Labute approximate surface area is 130 Å². The molecular weight excluding hydrogens is 312 g/mol. The number of aromatic nitrogens is 3. The second-order valence-electron chi connectivity index (χ2n) is 4.86. The normalized spacial score (nSPS) is 12.4. The Hall–Kier alpha value is -2.03. The van der Waals surface area contributed by atoms with E-state index in [4.69, 9.17) is 0 Å². The highest BCUT2D eigenvalue weighted by atomic mass is 32.1. The van der Waals surface area contributed by atoms with E-state index in [1.807, 2.05) is 13.8 Å². The maximum atomic E-state index is 12.2. The predicted molar refractivity (Wildman–Crippen MR) is 80.5 cm³/mol. The number of carbonyl (C=O) groups is 1. The largest absolute Gasteiger partial charge is 0.337 e. The van der Waals surface area contributed by atoms with Crippen molar-refractivity contribution < 1.29 is 13.6 Å². The number of carbonyl (C=O) groups excluding carboxylic acids is 1. The zero-order valence-electron chi connectivity index (χ0n) is 12.2. The molecule has 0 aliphatic carbocycles. The van der Waals surface area contributed by atoms with Crippen LogP contribution in [0.5, 0.6) is 0 Å². The van der Waals surface area contributed by atoms with E-state index in [0.29, 0.717) is 6.54 Å². The van der Waals surface area contributed by atoms with Gasteiger partial charge in [-0.2, -0.15) is 5.10 Å². The quantitative estimate of drug-likeness (QED) is 0.856. The van der Waals surface area contributed by atoms with Crippen LogP contribution in [0.25, 0.3) is 0 Å². The molecule has 1 unspecified atom stereocenters. The number of nitrogens with one attached hydrogen (secondary N) is 2. The first kappa shape index (κ1) is 16.3.